The quantitative estimate of drug-likeness (QED) is 0.769. The highest BCUT2D eigenvalue weighted by molar-refractivity contribution is 6.32. The van der Waals surface area contributed by atoms with Gasteiger partial charge in [-0.1, -0.05) is 35.9 Å². The zero-order valence-corrected chi connectivity index (χ0v) is 14.8. The number of rotatable bonds is 3. The third-order valence-corrected chi connectivity index (χ3v) is 5.13. The second kappa shape index (κ2) is 6.14. The predicted molar refractivity (Wildman–Crippen MR) is 98.5 cm³/mol. The third-order valence-electron chi connectivity index (χ3n) is 4.74. The summed E-state index contributed by atoms with van der Waals surface area (Å²) in [6, 6.07) is 11.8. The Morgan fingerprint density at radius 3 is 2.77 bits per heavy atom. The molecule has 3 heterocycles. The summed E-state index contributed by atoms with van der Waals surface area (Å²) >= 11 is 6.09. The van der Waals surface area contributed by atoms with E-state index in [1.54, 1.807) is 4.90 Å². The highest BCUT2D eigenvalue weighted by Gasteiger charge is 2.34. The van der Waals surface area contributed by atoms with Crippen LogP contribution in [0.4, 0.5) is 0 Å². The Kier molecular flexibility index (Phi) is 3.92. The number of hydrogen-bond acceptors (Lipinski definition) is 4. The number of hydrogen-bond donors (Lipinski definition) is 1. The number of carbonyl (C=O) groups excluding carboxylic acids is 1. The van der Waals surface area contributed by atoms with E-state index < -0.39 is 5.56 Å². The van der Waals surface area contributed by atoms with Crippen molar-refractivity contribution in [2.45, 2.75) is 13.0 Å². The van der Waals surface area contributed by atoms with Crippen molar-refractivity contribution in [2.24, 2.45) is 7.05 Å². The second-order valence-electron chi connectivity index (χ2n) is 6.33. The number of carbonyl (C=O) groups is 1. The zero-order valence-electron chi connectivity index (χ0n) is 14.1. The van der Waals surface area contributed by atoms with E-state index in [-0.39, 0.29) is 28.9 Å². The lowest BCUT2D eigenvalue weighted by Gasteiger charge is -2.15. The molecule has 0 unspecified atom stereocenters. The van der Waals surface area contributed by atoms with Crippen LogP contribution in [0, 0.1) is 0 Å². The lowest BCUT2D eigenvalue weighted by molar-refractivity contribution is 0.0777. The van der Waals surface area contributed by atoms with Crippen LogP contribution in [0.15, 0.2) is 41.2 Å². The molecular weight excluding hydrogens is 354 g/mol. The SMILES string of the molecule is Cn1c(O)c2c(c(Cl)c1=O)CN(CCc1ccc3ccccc3n1)C2=O. The molecule has 0 fully saturated rings. The Labute approximate surface area is 154 Å². The topological polar surface area (TPSA) is 75.4 Å². The molecule has 0 saturated carbocycles. The number of fused-ring (bicyclic) bond motifs is 2. The minimum Gasteiger partial charge on any atom is -0.494 e. The fourth-order valence-electron chi connectivity index (χ4n) is 3.26. The van der Waals surface area contributed by atoms with E-state index >= 15 is 0 Å². The fourth-order valence-corrected chi connectivity index (χ4v) is 3.54. The van der Waals surface area contributed by atoms with Crippen LogP contribution >= 0.6 is 11.6 Å². The van der Waals surface area contributed by atoms with E-state index in [1.165, 1.54) is 7.05 Å². The molecule has 0 atom stereocenters. The molecule has 7 heteroatoms. The van der Waals surface area contributed by atoms with Gasteiger partial charge in [-0.15, -0.1) is 0 Å². The summed E-state index contributed by atoms with van der Waals surface area (Å²) in [5.41, 5.74) is 1.78. The molecule has 1 aromatic carbocycles. The molecule has 6 nitrogen and oxygen atoms in total. The van der Waals surface area contributed by atoms with Crippen molar-refractivity contribution in [3.8, 4) is 5.88 Å². The number of pyridine rings is 2. The van der Waals surface area contributed by atoms with Gasteiger partial charge in [-0.05, 0) is 12.1 Å². The van der Waals surface area contributed by atoms with Crippen molar-refractivity contribution in [2.75, 3.05) is 6.54 Å². The van der Waals surface area contributed by atoms with Gasteiger partial charge in [0.2, 0.25) is 5.88 Å². The van der Waals surface area contributed by atoms with E-state index in [2.05, 4.69) is 4.98 Å². The van der Waals surface area contributed by atoms with Crippen molar-refractivity contribution in [1.29, 1.82) is 0 Å². The molecule has 3 aromatic rings. The van der Waals surface area contributed by atoms with E-state index in [4.69, 9.17) is 11.6 Å². The average molecular weight is 370 g/mol. The van der Waals surface area contributed by atoms with Gasteiger partial charge in [-0.25, -0.2) is 0 Å². The lowest BCUT2D eigenvalue weighted by Crippen LogP contribution is -2.26. The van der Waals surface area contributed by atoms with Gasteiger partial charge >= 0.3 is 0 Å². The molecule has 0 saturated heterocycles. The second-order valence-corrected chi connectivity index (χ2v) is 6.71. The van der Waals surface area contributed by atoms with Gasteiger partial charge in [-0.3, -0.25) is 19.1 Å². The minimum atomic E-state index is -0.506. The zero-order chi connectivity index (χ0) is 18.4. The van der Waals surface area contributed by atoms with E-state index in [9.17, 15) is 14.7 Å². The largest absolute Gasteiger partial charge is 0.494 e. The minimum absolute atomic E-state index is 0.0139. The first-order valence-electron chi connectivity index (χ1n) is 8.21. The van der Waals surface area contributed by atoms with Gasteiger partial charge < -0.3 is 10.0 Å². The van der Waals surface area contributed by atoms with Crippen molar-refractivity contribution in [3.63, 3.8) is 0 Å². The smallest absolute Gasteiger partial charge is 0.272 e. The number of halogens is 1. The van der Waals surface area contributed by atoms with Gasteiger partial charge in [0.05, 0.1) is 5.52 Å². The summed E-state index contributed by atoms with van der Waals surface area (Å²) in [6.07, 6.45) is 0.569. The Morgan fingerprint density at radius 1 is 1.19 bits per heavy atom. The molecule has 132 valence electrons. The van der Waals surface area contributed by atoms with Gasteiger partial charge in [0, 0.05) is 43.2 Å². The van der Waals surface area contributed by atoms with Gasteiger partial charge in [-0.2, -0.15) is 0 Å². The van der Waals surface area contributed by atoms with E-state index in [0.717, 1.165) is 21.2 Å². The molecule has 1 N–H and O–H groups in total. The summed E-state index contributed by atoms with van der Waals surface area (Å²) < 4.78 is 0.994. The van der Waals surface area contributed by atoms with Gasteiger partial charge in [0.1, 0.15) is 10.6 Å². The number of benzene rings is 1. The Hall–Kier alpha value is -2.86. The maximum absolute atomic E-state index is 12.6. The van der Waals surface area contributed by atoms with Gasteiger partial charge in [0.25, 0.3) is 11.5 Å². The van der Waals surface area contributed by atoms with Crippen LogP contribution < -0.4 is 5.56 Å². The number of aromatic nitrogens is 2. The molecule has 0 radical (unpaired) electrons. The molecule has 1 aliphatic heterocycles. The highest BCUT2D eigenvalue weighted by atomic mass is 35.5. The van der Waals surface area contributed by atoms with Crippen LogP contribution in [-0.2, 0) is 20.0 Å². The van der Waals surface area contributed by atoms with E-state index in [0.29, 0.717) is 18.5 Å². The molecular formula is C19H16ClN3O3. The molecule has 0 aliphatic carbocycles. The van der Waals surface area contributed by atoms with E-state index in [1.807, 2.05) is 36.4 Å². The average Bonchev–Trinajstić information content (AvgIpc) is 2.99. The number of nitrogens with zero attached hydrogens (tertiary/aromatic N) is 3. The van der Waals surface area contributed by atoms with Crippen molar-refractivity contribution < 1.29 is 9.90 Å². The van der Waals surface area contributed by atoms with Crippen LogP contribution in [0.3, 0.4) is 0 Å². The summed E-state index contributed by atoms with van der Waals surface area (Å²) in [5.74, 6) is -0.665. The lowest BCUT2D eigenvalue weighted by atomic mass is 10.1. The molecule has 1 amide bonds. The summed E-state index contributed by atoms with van der Waals surface area (Å²) in [5, 5.41) is 11.2. The molecule has 0 spiro atoms. The molecule has 0 bridgehead atoms. The Balaban J connectivity index is 1.58. The predicted octanol–water partition coefficient (Wildman–Crippen LogP) is 2.49. The van der Waals surface area contributed by atoms with Crippen LogP contribution in [0.1, 0.15) is 21.6 Å². The first-order valence-corrected chi connectivity index (χ1v) is 8.59. The monoisotopic (exact) mass is 369 g/mol. The van der Waals surface area contributed by atoms with Crippen LogP contribution in [-0.4, -0.2) is 32.0 Å². The summed E-state index contributed by atoms with van der Waals surface area (Å²) in [7, 11) is 1.39. The maximum atomic E-state index is 12.6. The number of amides is 1. The standard InChI is InChI=1S/C19H16ClN3O3/c1-22-17(24)15-13(16(20)19(22)26)10-23(18(15)25)9-8-12-7-6-11-4-2-3-5-14(11)21-12/h2-7,24H,8-10H2,1H3. The normalized spacial score (nSPS) is 13.5. The Bertz CT molecular complexity index is 1110. The maximum Gasteiger partial charge on any atom is 0.272 e. The summed E-state index contributed by atoms with van der Waals surface area (Å²) in [6.45, 7) is 0.636. The van der Waals surface area contributed by atoms with Crippen molar-refractivity contribution in [1.82, 2.24) is 14.5 Å². The van der Waals surface area contributed by atoms with Gasteiger partial charge in [0.15, 0.2) is 0 Å². The summed E-state index contributed by atoms with van der Waals surface area (Å²) in [4.78, 5) is 30.8. The van der Waals surface area contributed by atoms with Crippen LogP contribution in [0.5, 0.6) is 5.88 Å². The van der Waals surface area contributed by atoms with Crippen molar-refractivity contribution >= 4 is 28.4 Å². The molecule has 26 heavy (non-hydrogen) atoms. The van der Waals surface area contributed by atoms with Crippen molar-refractivity contribution in [3.05, 3.63) is 68.6 Å². The number of aromatic hydroxyl groups is 1. The van der Waals surface area contributed by atoms with Crippen LogP contribution in [0.2, 0.25) is 5.02 Å². The highest BCUT2D eigenvalue weighted by Crippen LogP contribution is 2.32. The first kappa shape index (κ1) is 16.6. The third kappa shape index (κ3) is 2.54. The fraction of sp³-hybridized carbons (Fsp3) is 0.211. The molecule has 1 aliphatic rings. The molecule has 2 aromatic heterocycles. The Morgan fingerprint density at radius 2 is 1.96 bits per heavy atom. The molecule has 4 rings (SSSR count). The first-order chi connectivity index (χ1) is 12.5. The number of para-hydroxylation sites is 1. The van der Waals surface area contributed by atoms with Crippen LogP contribution in [0.25, 0.3) is 10.9 Å².